The average Bonchev–Trinajstić information content (AvgIpc) is 3.09. The number of anilines is 4. The molecule has 23 heavy (non-hydrogen) atoms. The van der Waals surface area contributed by atoms with Crippen molar-refractivity contribution in [1.29, 1.82) is 0 Å². The number of aromatic amines is 1. The molecule has 3 N–H and O–H groups in total. The first kappa shape index (κ1) is 13.2. The molecule has 0 aliphatic rings. The van der Waals surface area contributed by atoms with Crippen LogP contribution in [0.1, 0.15) is 0 Å². The third-order valence-electron chi connectivity index (χ3n) is 3.32. The van der Waals surface area contributed by atoms with Crippen molar-refractivity contribution in [2.24, 2.45) is 0 Å². The van der Waals surface area contributed by atoms with E-state index in [1.165, 1.54) is 0 Å². The normalized spacial score (nSPS) is 10.6. The van der Waals surface area contributed by atoms with Crippen molar-refractivity contribution in [2.75, 3.05) is 10.6 Å². The van der Waals surface area contributed by atoms with Crippen LogP contribution >= 0.6 is 0 Å². The Hall–Kier alpha value is -3.48. The quantitative estimate of drug-likeness (QED) is 0.536. The van der Waals surface area contributed by atoms with E-state index >= 15 is 0 Å². The van der Waals surface area contributed by atoms with Gasteiger partial charge in [0.1, 0.15) is 0 Å². The van der Waals surface area contributed by atoms with E-state index in [1.54, 1.807) is 0 Å². The molecule has 0 saturated carbocycles. The smallest absolute Gasteiger partial charge is 0.183 e. The number of fused-ring (bicyclic) bond motifs is 1. The monoisotopic (exact) mass is 303 g/mol. The molecule has 2 aromatic carbocycles. The van der Waals surface area contributed by atoms with Crippen molar-refractivity contribution < 1.29 is 0 Å². The van der Waals surface area contributed by atoms with Gasteiger partial charge in [-0.15, -0.1) is 10.2 Å². The van der Waals surface area contributed by atoms with Crippen molar-refractivity contribution in [1.82, 2.24) is 25.6 Å². The van der Waals surface area contributed by atoms with Crippen molar-refractivity contribution in [3.8, 4) is 0 Å². The highest BCUT2D eigenvalue weighted by atomic mass is 15.4. The maximum atomic E-state index is 4.22. The number of benzene rings is 2. The second kappa shape index (κ2) is 5.72. The first-order valence-corrected chi connectivity index (χ1v) is 7.11. The molecular formula is C16H13N7. The Kier molecular flexibility index (Phi) is 3.28. The van der Waals surface area contributed by atoms with E-state index in [2.05, 4.69) is 36.2 Å². The summed E-state index contributed by atoms with van der Waals surface area (Å²) in [7, 11) is 0. The minimum atomic E-state index is 0.554. The lowest BCUT2D eigenvalue weighted by Gasteiger charge is -2.08. The lowest BCUT2D eigenvalue weighted by molar-refractivity contribution is 0.959. The summed E-state index contributed by atoms with van der Waals surface area (Å²) in [5.41, 5.74) is 3.08. The fraction of sp³-hybridized carbons (Fsp3) is 0. The van der Waals surface area contributed by atoms with E-state index in [1.807, 2.05) is 60.7 Å². The summed E-state index contributed by atoms with van der Waals surface area (Å²) in [6.07, 6.45) is 0. The zero-order valence-corrected chi connectivity index (χ0v) is 12.1. The van der Waals surface area contributed by atoms with E-state index < -0.39 is 0 Å². The second-order valence-electron chi connectivity index (χ2n) is 4.90. The average molecular weight is 303 g/mol. The third-order valence-corrected chi connectivity index (χ3v) is 3.32. The van der Waals surface area contributed by atoms with Gasteiger partial charge >= 0.3 is 0 Å². The summed E-state index contributed by atoms with van der Waals surface area (Å²) in [5, 5.41) is 25.8. The summed E-state index contributed by atoms with van der Waals surface area (Å²) in [6, 6.07) is 19.5. The Morgan fingerprint density at radius 2 is 1.04 bits per heavy atom. The first-order chi connectivity index (χ1) is 11.4. The predicted octanol–water partition coefficient (Wildman–Crippen LogP) is 3.24. The molecule has 0 unspecified atom stereocenters. The fourth-order valence-corrected chi connectivity index (χ4v) is 2.24. The third kappa shape index (κ3) is 2.67. The van der Waals surface area contributed by atoms with Crippen LogP contribution in [-0.2, 0) is 0 Å². The van der Waals surface area contributed by atoms with Crippen molar-refractivity contribution in [3.63, 3.8) is 0 Å². The fourth-order valence-electron chi connectivity index (χ4n) is 2.24. The molecule has 0 radical (unpaired) electrons. The molecule has 4 rings (SSSR count). The van der Waals surface area contributed by atoms with Crippen molar-refractivity contribution >= 4 is 34.0 Å². The van der Waals surface area contributed by atoms with Crippen molar-refractivity contribution in [3.05, 3.63) is 60.7 Å². The largest absolute Gasteiger partial charge is 0.337 e. The van der Waals surface area contributed by atoms with Gasteiger partial charge in [-0.3, -0.25) is 0 Å². The molecular weight excluding hydrogens is 290 g/mol. The van der Waals surface area contributed by atoms with Gasteiger partial charge in [-0.25, -0.2) is 0 Å². The van der Waals surface area contributed by atoms with Crippen molar-refractivity contribution in [2.45, 2.75) is 0 Å². The summed E-state index contributed by atoms with van der Waals surface area (Å²) in [4.78, 5) is 0. The standard InChI is InChI=1S/C16H13N7/c1-3-7-11(8-4-1)17-15-13-14(20-23-19-13)16(22-21-15)18-12-9-5-2-6-10-12/h1-10H,(H,17,21)(H,18,22)(H,19,20,23). The van der Waals surface area contributed by atoms with Gasteiger partial charge in [0.15, 0.2) is 22.7 Å². The first-order valence-electron chi connectivity index (χ1n) is 7.11. The Balaban J connectivity index is 1.70. The number of aromatic nitrogens is 5. The number of para-hydroxylation sites is 2. The van der Waals surface area contributed by atoms with E-state index in [9.17, 15) is 0 Å². The van der Waals surface area contributed by atoms with Crippen LogP contribution in [0.25, 0.3) is 11.0 Å². The van der Waals surface area contributed by atoms with Crippen LogP contribution in [0.15, 0.2) is 60.7 Å². The summed E-state index contributed by atoms with van der Waals surface area (Å²) in [5.74, 6) is 1.11. The van der Waals surface area contributed by atoms with Crippen LogP contribution in [-0.4, -0.2) is 25.6 Å². The molecule has 0 atom stereocenters. The molecule has 0 amide bonds. The zero-order chi connectivity index (χ0) is 15.5. The minimum absolute atomic E-state index is 0.554. The Bertz CT molecular complexity index is 843. The van der Waals surface area contributed by atoms with Crippen LogP contribution < -0.4 is 10.6 Å². The van der Waals surface area contributed by atoms with Gasteiger partial charge < -0.3 is 10.6 Å². The summed E-state index contributed by atoms with van der Waals surface area (Å²) in [6.45, 7) is 0. The van der Waals surface area contributed by atoms with Gasteiger partial charge in [-0.1, -0.05) is 36.4 Å². The second-order valence-corrected chi connectivity index (χ2v) is 4.90. The van der Waals surface area contributed by atoms with Crippen LogP contribution in [0.5, 0.6) is 0 Å². The minimum Gasteiger partial charge on any atom is -0.337 e. The molecule has 2 aromatic heterocycles. The molecule has 0 spiro atoms. The Labute approximate surface area is 131 Å². The summed E-state index contributed by atoms with van der Waals surface area (Å²) >= 11 is 0. The molecule has 0 bridgehead atoms. The van der Waals surface area contributed by atoms with Gasteiger partial charge in [0, 0.05) is 11.4 Å². The van der Waals surface area contributed by atoms with Crippen LogP contribution in [0.2, 0.25) is 0 Å². The maximum absolute atomic E-state index is 4.22. The van der Waals surface area contributed by atoms with Gasteiger partial charge in [0.2, 0.25) is 0 Å². The van der Waals surface area contributed by atoms with E-state index in [0.717, 1.165) is 11.4 Å². The van der Waals surface area contributed by atoms with E-state index in [0.29, 0.717) is 22.7 Å². The zero-order valence-electron chi connectivity index (χ0n) is 12.1. The molecule has 7 nitrogen and oxygen atoms in total. The molecule has 0 fully saturated rings. The number of nitrogens with zero attached hydrogens (tertiary/aromatic N) is 4. The van der Waals surface area contributed by atoms with E-state index in [4.69, 9.17) is 0 Å². The molecule has 7 heteroatoms. The highest BCUT2D eigenvalue weighted by Gasteiger charge is 2.13. The molecule has 0 saturated heterocycles. The number of H-pyrrole nitrogens is 1. The summed E-state index contributed by atoms with van der Waals surface area (Å²) < 4.78 is 0. The van der Waals surface area contributed by atoms with Crippen LogP contribution in [0.4, 0.5) is 23.0 Å². The SMILES string of the molecule is c1ccc(Nc2nnc(Nc3ccccc3)c3n[nH]nc23)cc1. The Morgan fingerprint density at radius 1 is 0.609 bits per heavy atom. The topological polar surface area (TPSA) is 91.4 Å². The number of nitrogens with one attached hydrogen (secondary N) is 3. The van der Waals surface area contributed by atoms with Gasteiger partial charge in [-0.05, 0) is 24.3 Å². The molecule has 2 heterocycles. The molecule has 4 aromatic rings. The molecule has 0 aliphatic heterocycles. The van der Waals surface area contributed by atoms with Crippen LogP contribution in [0.3, 0.4) is 0 Å². The highest BCUT2D eigenvalue weighted by molar-refractivity contribution is 5.94. The molecule has 0 aliphatic carbocycles. The Morgan fingerprint density at radius 3 is 1.48 bits per heavy atom. The number of rotatable bonds is 4. The predicted molar refractivity (Wildman–Crippen MR) is 88.9 cm³/mol. The highest BCUT2D eigenvalue weighted by Crippen LogP contribution is 2.26. The molecule has 112 valence electrons. The lowest BCUT2D eigenvalue weighted by atomic mass is 10.3. The maximum Gasteiger partial charge on any atom is 0.183 e. The lowest BCUT2D eigenvalue weighted by Crippen LogP contribution is -2.01. The number of hydrogen-bond donors (Lipinski definition) is 3. The number of hydrogen-bond acceptors (Lipinski definition) is 6. The van der Waals surface area contributed by atoms with Gasteiger partial charge in [-0.2, -0.15) is 15.4 Å². The van der Waals surface area contributed by atoms with Gasteiger partial charge in [0.25, 0.3) is 0 Å². The van der Waals surface area contributed by atoms with Crippen LogP contribution in [0, 0.1) is 0 Å². The van der Waals surface area contributed by atoms with E-state index in [-0.39, 0.29) is 0 Å². The van der Waals surface area contributed by atoms with Gasteiger partial charge in [0.05, 0.1) is 0 Å².